The third kappa shape index (κ3) is 51.8. The molecule has 0 unspecified atom stereocenters. The molecule has 0 amide bonds. The highest BCUT2D eigenvalue weighted by molar-refractivity contribution is 4.67. The molecule has 0 radical (unpaired) electrons. The van der Waals surface area contributed by atoms with Crippen molar-refractivity contribution in [1.82, 2.24) is 0 Å². The molecule has 3 nitrogen and oxygen atoms in total. The van der Waals surface area contributed by atoms with Crippen LogP contribution < -0.4 is 0 Å². The van der Waals surface area contributed by atoms with Crippen LogP contribution in [0.1, 0.15) is 47.0 Å². The Balaban J connectivity index is -0.000000160. The fourth-order valence-electron chi connectivity index (χ4n) is 0.469. The Hall–Kier alpha value is -0.960. The molecule has 0 aromatic carbocycles. The van der Waals surface area contributed by atoms with Crippen LogP contribution in [0.25, 0.3) is 0 Å². The van der Waals surface area contributed by atoms with E-state index in [0.29, 0.717) is 12.5 Å². The van der Waals surface area contributed by atoms with Gasteiger partial charge in [0.25, 0.3) is 0 Å². The van der Waals surface area contributed by atoms with Crippen molar-refractivity contribution < 1.29 is 15.3 Å². The molecular weight excluding hydrogens is 204 g/mol. The largest absolute Gasteiger partial charge is 0.516 e. The van der Waals surface area contributed by atoms with Crippen molar-refractivity contribution in [1.29, 1.82) is 0 Å². The van der Waals surface area contributed by atoms with Crippen molar-refractivity contribution in [3.63, 3.8) is 0 Å². The molecule has 0 spiro atoms. The van der Waals surface area contributed by atoms with Gasteiger partial charge in [0.2, 0.25) is 0 Å². The fraction of sp³-hybridized carbons (Fsp3) is 0.692. The van der Waals surface area contributed by atoms with Gasteiger partial charge < -0.3 is 15.3 Å². The average Bonchev–Trinajstić information content (AvgIpc) is 2.21. The number of hydrogen-bond donors (Lipinski definition) is 3. The van der Waals surface area contributed by atoms with Crippen molar-refractivity contribution in [3.8, 4) is 0 Å². The van der Waals surface area contributed by atoms with E-state index in [2.05, 4.69) is 13.8 Å². The van der Waals surface area contributed by atoms with Crippen LogP contribution in [0, 0.1) is 5.92 Å². The monoisotopic (exact) mass is 232 g/mol. The van der Waals surface area contributed by atoms with Gasteiger partial charge in [-0.25, -0.2) is 0 Å². The van der Waals surface area contributed by atoms with Crippen molar-refractivity contribution in [3.05, 3.63) is 24.7 Å². The van der Waals surface area contributed by atoms with Crippen molar-refractivity contribution in [2.75, 3.05) is 6.61 Å². The fourth-order valence-corrected chi connectivity index (χ4v) is 0.469. The van der Waals surface area contributed by atoms with E-state index in [1.807, 2.05) is 13.8 Å². The van der Waals surface area contributed by atoms with E-state index < -0.39 is 0 Å². The van der Waals surface area contributed by atoms with Crippen molar-refractivity contribution in [2.45, 2.75) is 47.0 Å². The molecule has 0 bridgehead atoms. The standard InChI is InChI=1S/C5H12O.2C4H8O/c1-5(2)3-4-6;2*1-2-3-4-5/h5-6H,3-4H2,1-2H3;2*3-5H,2H2,1H3/b;2*4-3+. The summed E-state index contributed by atoms with van der Waals surface area (Å²) in [4.78, 5) is 0. The average molecular weight is 232 g/mol. The van der Waals surface area contributed by atoms with Crippen LogP contribution in [0.2, 0.25) is 0 Å². The Morgan fingerprint density at radius 2 is 1.31 bits per heavy atom. The lowest BCUT2D eigenvalue weighted by Gasteiger charge is -1.95. The van der Waals surface area contributed by atoms with E-state index >= 15 is 0 Å². The third-order valence-corrected chi connectivity index (χ3v) is 1.39. The molecule has 0 aliphatic heterocycles. The third-order valence-electron chi connectivity index (χ3n) is 1.39. The molecule has 3 N–H and O–H groups in total. The molecule has 16 heavy (non-hydrogen) atoms. The van der Waals surface area contributed by atoms with Crippen molar-refractivity contribution in [2.24, 2.45) is 5.92 Å². The number of hydrogen-bond acceptors (Lipinski definition) is 3. The second-order valence-electron chi connectivity index (χ2n) is 3.49. The van der Waals surface area contributed by atoms with Gasteiger partial charge in [0.1, 0.15) is 0 Å². The molecule has 0 saturated carbocycles. The molecule has 0 heterocycles. The first-order valence-electron chi connectivity index (χ1n) is 5.79. The van der Waals surface area contributed by atoms with Gasteiger partial charge in [-0.3, -0.25) is 0 Å². The second kappa shape index (κ2) is 23.7. The lowest BCUT2D eigenvalue weighted by atomic mass is 10.2. The zero-order valence-electron chi connectivity index (χ0n) is 11.1. The minimum Gasteiger partial charge on any atom is -0.516 e. The topological polar surface area (TPSA) is 60.7 Å². The van der Waals surface area contributed by atoms with Crippen molar-refractivity contribution >= 4 is 0 Å². The molecule has 0 aromatic heterocycles. The van der Waals surface area contributed by atoms with E-state index in [4.69, 9.17) is 15.3 Å². The summed E-state index contributed by atoms with van der Waals surface area (Å²) in [6.07, 6.45) is 8.23. The maximum absolute atomic E-state index is 8.24. The van der Waals surface area contributed by atoms with Gasteiger partial charge in [0.05, 0.1) is 12.5 Å². The molecule has 0 fully saturated rings. The summed E-state index contributed by atoms with van der Waals surface area (Å²) in [5.74, 6) is 0.648. The van der Waals surface area contributed by atoms with Gasteiger partial charge in [-0.1, -0.05) is 39.8 Å². The Labute approximate surface area is 100 Å². The van der Waals surface area contributed by atoms with Crippen LogP contribution in [0.15, 0.2) is 24.7 Å². The highest BCUT2D eigenvalue weighted by Crippen LogP contribution is 1.94. The normalized spacial score (nSPS) is 9.88. The summed E-state index contributed by atoms with van der Waals surface area (Å²) in [5.41, 5.74) is 0. The van der Waals surface area contributed by atoms with Crippen LogP contribution in [0.5, 0.6) is 0 Å². The summed E-state index contributed by atoms with van der Waals surface area (Å²) in [5, 5.41) is 24.0. The van der Waals surface area contributed by atoms with Crippen LogP contribution in [0.4, 0.5) is 0 Å². The number of aliphatic hydroxyl groups is 3. The first kappa shape index (κ1) is 20.5. The molecule has 0 aliphatic rings. The SMILES string of the molecule is CC(C)CCO.CC/C=C/O.CC/C=C/O. The Morgan fingerprint density at radius 1 is 0.938 bits per heavy atom. The number of allylic oxidation sites excluding steroid dienone is 2. The molecule has 3 heteroatoms. The van der Waals surface area contributed by atoms with Gasteiger partial charge in [-0.15, -0.1) is 0 Å². The van der Waals surface area contributed by atoms with E-state index in [9.17, 15) is 0 Å². The first-order valence-corrected chi connectivity index (χ1v) is 5.79. The lowest BCUT2D eigenvalue weighted by molar-refractivity contribution is 0.268. The summed E-state index contributed by atoms with van der Waals surface area (Å²) < 4.78 is 0. The van der Waals surface area contributed by atoms with Crippen LogP contribution in [-0.2, 0) is 0 Å². The maximum Gasteiger partial charge on any atom is 0.0751 e. The van der Waals surface area contributed by atoms with Crippen LogP contribution in [-0.4, -0.2) is 21.9 Å². The first-order chi connectivity index (χ1) is 7.60. The zero-order valence-corrected chi connectivity index (χ0v) is 11.1. The Bertz CT molecular complexity index is 128. The van der Waals surface area contributed by atoms with Gasteiger partial charge in [0.15, 0.2) is 0 Å². The van der Waals surface area contributed by atoms with Crippen LogP contribution >= 0.6 is 0 Å². The van der Waals surface area contributed by atoms with E-state index in [1.54, 1.807) is 12.2 Å². The number of rotatable bonds is 4. The molecule has 0 aromatic rings. The molecule has 0 rings (SSSR count). The minimum atomic E-state index is 0.331. The predicted octanol–water partition coefficient (Wildman–Crippen LogP) is 3.96. The molecule has 98 valence electrons. The second-order valence-corrected chi connectivity index (χ2v) is 3.49. The van der Waals surface area contributed by atoms with Gasteiger partial charge >= 0.3 is 0 Å². The Morgan fingerprint density at radius 3 is 1.31 bits per heavy atom. The smallest absolute Gasteiger partial charge is 0.0751 e. The highest BCUT2D eigenvalue weighted by Gasteiger charge is 1.86. The van der Waals surface area contributed by atoms with Crippen LogP contribution in [0.3, 0.4) is 0 Å². The molecule has 0 aliphatic carbocycles. The van der Waals surface area contributed by atoms with Gasteiger partial charge in [0, 0.05) is 6.61 Å². The molecule has 0 atom stereocenters. The quantitative estimate of drug-likeness (QED) is 0.643. The molecule has 0 saturated heterocycles. The van der Waals surface area contributed by atoms with E-state index in [1.165, 1.54) is 0 Å². The highest BCUT2D eigenvalue weighted by atomic mass is 16.3. The summed E-state index contributed by atoms with van der Waals surface area (Å²) >= 11 is 0. The number of aliphatic hydroxyl groups excluding tert-OH is 3. The van der Waals surface area contributed by atoms with E-state index in [0.717, 1.165) is 31.8 Å². The lowest BCUT2D eigenvalue weighted by Crippen LogP contribution is -1.89. The predicted molar refractivity (Wildman–Crippen MR) is 70.7 cm³/mol. The minimum absolute atomic E-state index is 0.331. The van der Waals surface area contributed by atoms with Gasteiger partial charge in [-0.2, -0.15) is 0 Å². The van der Waals surface area contributed by atoms with Gasteiger partial charge in [-0.05, 0) is 25.2 Å². The summed E-state index contributed by atoms with van der Waals surface area (Å²) in [6.45, 7) is 8.45. The summed E-state index contributed by atoms with van der Waals surface area (Å²) in [7, 11) is 0. The Kier molecular flexibility index (Phi) is 30.3. The zero-order chi connectivity index (χ0) is 13.2. The van der Waals surface area contributed by atoms with E-state index in [-0.39, 0.29) is 0 Å². The molecular formula is C13H28O3. The summed E-state index contributed by atoms with van der Waals surface area (Å²) in [6, 6.07) is 0. The maximum atomic E-state index is 8.24.